The molecule has 0 heterocycles. The molecule has 4 rings (SSSR count). The first-order chi connectivity index (χ1) is 20.6. The number of hydrogen-bond acceptors (Lipinski definition) is 5. The molecule has 6 nitrogen and oxygen atoms in total. The van der Waals surface area contributed by atoms with Crippen molar-refractivity contribution in [1.29, 1.82) is 0 Å². The number of benzene rings is 4. The van der Waals surface area contributed by atoms with E-state index in [0.29, 0.717) is 12.8 Å². The molecule has 6 heteroatoms. The third-order valence-electron chi connectivity index (χ3n) is 7.68. The van der Waals surface area contributed by atoms with Crippen molar-refractivity contribution in [3.8, 4) is 0 Å². The Bertz CT molecular complexity index is 1300. The summed E-state index contributed by atoms with van der Waals surface area (Å²) in [7, 11) is 2.17. The molecule has 1 amide bonds. The van der Waals surface area contributed by atoms with E-state index >= 15 is 0 Å². The van der Waals surface area contributed by atoms with Crippen LogP contribution in [0.5, 0.6) is 0 Å². The fourth-order valence-electron chi connectivity index (χ4n) is 5.30. The number of hydrazine groups is 1. The zero-order valence-electron chi connectivity index (χ0n) is 24.4. The molecule has 0 saturated heterocycles. The van der Waals surface area contributed by atoms with E-state index in [2.05, 4.69) is 90.2 Å². The number of amides is 1. The fraction of sp³-hybridized carbons (Fsp3) is 0.278. The monoisotopic (exact) mass is 563 g/mol. The molecule has 0 saturated carbocycles. The molecule has 42 heavy (non-hydrogen) atoms. The van der Waals surface area contributed by atoms with Gasteiger partial charge in [0.25, 0.3) is 0 Å². The molecular weight excluding hydrogens is 522 g/mol. The quantitative estimate of drug-likeness (QED) is 0.129. The summed E-state index contributed by atoms with van der Waals surface area (Å²) in [6, 6.07) is 40.9. The van der Waals surface area contributed by atoms with Crippen molar-refractivity contribution in [3.63, 3.8) is 0 Å². The summed E-state index contributed by atoms with van der Waals surface area (Å²) in [5.41, 5.74) is 7.38. The van der Waals surface area contributed by atoms with Crippen LogP contribution in [0, 0.1) is 0 Å². The average molecular weight is 564 g/mol. The first-order valence-corrected chi connectivity index (χ1v) is 14.6. The van der Waals surface area contributed by atoms with Crippen LogP contribution in [0.1, 0.15) is 35.1 Å². The van der Waals surface area contributed by atoms with Crippen molar-refractivity contribution < 1.29 is 14.3 Å². The van der Waals surface area contributed by atoms with Crippen molar-refractivity contribution in [3.05, 3.63) is 144 Å². The molecule has 0 radical (unpaired) electrons. The summed E-state index contributed by atoms with van der Waals surface area (Å²) >= 11 is 0. The van der Waals surface area contributed by atoms with Gasteiger partial charge < -0.3 is 14.4 Å². The van der Waals surface area contributed by atoms with Crippen LogP contribution in [0.3, 0.4) is 0 Å². The number of aldehydes is 1. The van der Waals surface area contributed by atoms with Crippen LogP contribution >= 0.6 is 0 Å². The third-order valence-corrected chi connectivity index (χ3v) is 7.68. The van der Waals surface area contributed by atoms with E-state index in [0.717, 1.165) is 49.0 Å². The van der Waals surface area contributed by atoms with Gasteiger partial charge in [-0.2, -0.15) is 0 Å². The first kappa shape index (κ1) is 30.7. The number of carbonyl (C=O) groups excluding carboxylic acids is 2. The van der Waals surface area contributed by atoms with Gasteiger partial charge in [-0.05, 0) is 55.1 Å². The van der Waals surface area contributed by atoms with Gasteiger partial charge >= 0.3 is 6.09 Å². The van der Waals surface area contributed by atoms with Gasteiger partial charge in [0.2, 0.25) is 0 Å². The lowest BCUT2D eigenvalue weighted by Crippen LogP contribution is -2.50. The van der Waals surface area contributed by atoms with E-state index in [4.69, 9.17) is 4.74 Å². The average Bonchev–Trinajstić information content (AvgIpc) is 3.05. The Morgan fingerprint density at radius 1 is 0.762 bits per heavy atom. The molecule has 4 aromatic rings. The number of ether oxygens (including phenoxy) is 1. The number of rotatable bonds is 16. The fourth-order valence-corrected chi connectivity index (χ4v) is 5.30. The number of likely N-dealkylation sites (N-methyl/N-ethyl adjacent to an activating group) is 1. The van der Waals surface area contributed by atoms with Crippen LogP contribution in [0.2, 0.25) is 0 Å². The Balaban J connectivity index is 1.50. The van der Waals surface area contributed by atoms with Gasteiger partial charge in [-0.1, -0.05) is 121 Å². The lowest BCUT2D eigenvalue weighted by Gasteiger charge is -2.37. The second-order valence-corrected chi connectivity index (χ2v) is 10.6. The van der Waals surface area contributed by atoms with Crippen LogP contribution in [0.4, 0.5) is 4.79 Å². The number of hydrogen-bond donors (Lipinski definition) is 1. The maximum Gasteiger partial charge on any atom is 0.424 e. The highest BCUT2D eigenvalue weighted by atomic mass is 16.6. The summed E-state index contributed by atoms with van der Waals surface area (Å²) in [6.45, 7) is 2.35. The highest BCUT2D eigenvalue weighted by Gasteiger charge is 2.35. The topological polar surface area (TPSA) is 61.9 Å². The molecule has 0 aliphatic rings. The van der Waals surface area contributed by atoms with Gasteiger partial charge in [0.1, 0.15) is 12.9 Å². The van der Waals surface area contributed by atoms with Crippen LogP contribution in [0.25, 0.3) is 0 Å². The van der Waals surface area contributed by atoms with Crippen LogP contribution < -0.4 is 5.43 Å². The normalized spacial score (nSPS) is 11.3. The van der Waals surface area contributed by atoms with Gasteiger partial charge in [-0.15, -0.1) is 0 Å². The number of carbonyl (C=O) groups is 2. The van der Waals surface area contributed by atoms with Gasteiger partial charge in [-0.3, -0.25) is 0 Å². The molecule has 0 unspecified atom stereocenters. The maximum atomic E-state index is 13.1. The molecule has 1 N–H and O–H groups in total. The van der Waals surface area contributed by atoms with Gasteiger partial charge in [0.15, 0.2) is 0 Å². The minimum atomic E-state index is -0.582. The maximum absolute atomic E-state index is 13.1. The summed E-state index contributed by atoms with van der Waals surface area (Å²) in [5, 5.41) is 1.28. The smallest absolute Gasteiger partial charge is 0.424 e. The van der Waals surface area contributed by atoms with Gasteiger partial charge in [0, 0.05) is 18.5 Å². The first-order valence-electron chi connectivity index (χ1n) is 14.6. The lowest BCUT2D eigenvalue weighted by atomic mass is 9.71. The lowest BCUT2D eigenvalue weighted by molar-refractivity contribution is -0.109. The summed E-state index contributed by atoms with van der Waals surface area (Å²) < 4.78 is 5.55. The standard InChI is InChI=1S/C36H41N3O3/c1-38(26-23-31-15-6-2-7-16-31)25-14-24-36(33-19-10-4-11-20-33,34-21-12-5-13-22-34)30-37-39(27-28-40)35(41)42-29-32-17-8-3-9-18-32/h2-13,15-22,28,37H,14,23-27,29-30H2,1H3. The van der Waals surface area contributed by atoms with Gasteiger partial charge in [0.05, 0.1) is 6.54 Å². The molecular formula is C36H41N3O3. The highest BCUT2D eigenvalue weighted by Crippen LogP contribution is 2.36. The summed E-state index contributed by atoms with van der Waals surface area (Å²) in [4.78, 5) is 27.0. The highest BCUT2D eigenvalue weighted by molar-refractivity contribution is 5.70. The second kappa shape index (κ2) is 16.2. The van der Waals surface area contributed by atoms with E-state index in [-0.39, 0.29) is 13.2 Å². The van der Waals surface area contributed by atoms with Crippen molar-refractivity contribution >= 4 is 12.4 Å². The number of nitrogens with one attached hydrogen (secondary N) is 1. The number of nitrogens with zero attached hydrogens (tertiary/aromatic N) is 2. The van der Waals surface area contributed by atoms with Crippen molar-refractivity contribution in [1.82, 2.24) is 15.3 Å². The SMILES string of the molecule is CN(CCCC(CNN(CC=O)C(=O)OCc1ccccc1)(c1ccccc1)c1ccccc1)CCc1ccccc1. The van der Waals surface area contributed by atoms with Crippen LogP contribution in [0.15, 0.2) is 121 Å². The van der Waals surface area contributed by atoms with Crippen molar-refractivity contribution in [2.45, 2.75) is 31.3 Å². The van der Waals surface area contributed by atoms with Crippen molar-refractivity contribution in [2.75, 3.05) is 33.2 Å². The molecule has 4 aromatic carbocycles. The Morgan fingerprint density at radius 2 is 1.29 bits per heavy atom. The molecule has 0 aliphatic heterocycles. The minimum absolute atomic E-state index is 0.116. The van der Waals surface area contributed by atoms with E-state index in [1.165, 1.54) is 10.6 Å². The zero-order chi connectivity index (χ0) is 29.5. The predicted molar refractivity (Wildman–Crippen MR) is 168 cm³/mol. The second-order valence-electron chi connectivity index (χ2n) is 10.6. The Kier molecular flexibility index (Phi) is 11.9. The van der Waals surface area contributed by atoms with E-state index < -0.39 is 11.5 Å². The van der Waals surface area contributed by atoms with Crippen LogP contribution in [-0.2, 0) is 28.0 Å². The molecule has 0 aromatic heterocycles. The summed E-state index contributed by atoms with van der Waals surface area (Å²) in [5.74, 6) is 0. The Hall–Kier alpha value is -4.26. The molecule has 0 atom stereocenters. The van der Waals surface area contributed by atoms with E-state index in [9.17, 15) is 9.59 Å². The predicted octanol–water partition coefficient (Wildman–Crippen LogP) is 6.27. The van der Waals surface area contributed by atoms with Crippen molar-refractivity contribution in [2.24, 2.45) is 0 Å². The van der Waals surface area contributed by atoms with Gasteiger partial charge in [-0.25, -0.2) is 15.2 Å². The molecule has 218 valence electrons. The molecule has 0 spiro atoms. The van der Waals surface area contributed by atoms with Crippen LogP contribution in [-0.4, -0.2) is 55.5 Å². The van der Waals surface area contributed by atoms with E-state index in [1.54, 1.807) is 0 Å². The Morgan fingerprint density at radius 3 is 1.83 bits per heavy atom. The molecule has 0 fully saturated rings. The summed E-state index contributed by atoms with van der Waals surface area (Å²) in [6.07, 6.45) is 2.93. The Labute approximate surface area is 249 Å². The largest absolute Gasteiger partial charge is 0.444 e. The zero-order valence-corrected chi connectivity index (χ0v) is 24.4. The minimum Gasteiger partial charge on any atom is -0.444 e. The molecule has 0 bridgehead atoms. The van der Waals surface area contributed by atoms with E-state index in [1.807, 2.05) is 48.5 Å². The molecule has 0 aliphatic carbocycles. The third kappa shape index (κ3) is 8.87.